The van der Waals surface area contributed by atoms with E-state index in [-0.39, 0.29) is 0 Å². The van der Waals surface area contributed by atoms with E-state index in [1.54, 1.807) is 0 Å². The first-order valence-corrected chi connectivity index (χ1v) is 6.77. The van der Waals surface area contributed by atoms with Crippen LogP contribution in [0.1, 0.15) is 0 Å². The molecular weight excluding hydrogens is 248 g/mol. The van der Waals surface area contributed by atoms with Gasteiger partial charge in [0.05, 0.1) is 0 Å². The van der Waals surface area contributed by atoms with Crippen LogP contribution in [0, 0.1) is 0 Å². The zero-order chi connectivity index (χ0) is 13.0. The first-order chi connectivity index (χ1) is 8.65. The van der Waals surface area contributed by atoms with Crippen LogP contribution in [0.3, 0.4) is 0 Å². The molecule has 0 bridgehead atoms. The molecule has 1 aliphatic rings. The molecule has 100 valence electrons. The number of halogens is 1. The number of nitrogens with zero attached hydrogens (tertiary/aromatic N) is 4. The van der Waals surface area contributed by atoms with E-state index in [9.17, 15) is 0 Å². The van der Waals surface area contributed by atoms with Crippen molar-refractivity contribution in [1.29, 1.82) is 0 Å². The topological polar surface area (TPSA) is 22.6 Å². The summed E-state index contributed by atoms with van der Waals surface area (Å²) in [6, 6.07) is 5.81. The van der Waals surface area contributed by atoms with E-state index in [4.69, 9.17) is 11.6 Å². The SMILES string of the molecule is CN(C)CCN1CCN(c2cccc(Cl)n2)CC1. The Kier molecular flexibility index (Phi) is 4.80. The summed E-state index contributed by atoms with van der Waals surface area (Å²) < 4.78 is 0. The van der Waals surface area contributed by atoms with Gasteiger partial charge < -0.3 is 9.80 Å². The van der Waals surface area contributed by atoms with Gasteiger partial charge in [0.1, 0.15) is 11.0 Å². The van der Waals surface area contributed by atoms with Gasteiger partial charge in [-0.25, -0.2) is 4.98 Å². The number of likely N-dealkylation sites (N-methyl/N-ethyl adjacent to an activating group) is 1. The van der Waals surface area contributed by atoms with Crippen molar-refractivity contribution in [1.82, 2.24) is 14.8 Å². The fourth-order valence-corrected chi connectivity index (χ4v) is 2.27. The highest BCUT2D eigenvalue weighted by atomic mass is 35.5. The van der Waals surface area contributed by atoms with Gasteiger partial charge in [0, 0.05) is 39.3 Å². The van der Waals surface area contributed by atoms with Crippen LogP contribution < -0.4 is 4.90 Å². The predicted molar refractivity (Wildman–Crippen MR) is 76.5 cm³/mol. The third-order valence-corrected chi connectivity index (χ3v) is 3.47. The van der Waals surface area contributed by atoms with E-state index >= 15 is 0 Å². The van der Waals surface area contributed by atoms with Crippen molar-refractivity contribution >= 4 is 17.4 Å². The van der Waals surface area contributed by atoms with E-state index < -0.39 is 0 Å². The largest absolute Gasteiger partial charge is 0.354 e. The molecule has 0 aromatic carbocycles. The summed E-state index contributed by atoms with van der Waals surface area (Å²) in [6.45, 7) is 6.52. The first kappa shape index (κ1) is 13.6. The highest BCUT2D eigenvalue weighted by molar-refractivity contribution is 6.29. The van der Waals surface area contributed by atoms with Gasteiger partial charge in [-0.1, -0.05) is 17.7 Å². The molecule has 2 rings (SSSR count). The first-order valence-electron chi connectivity index (χ1n) is 6.40. The van der Waals surface area contributed by atoms with Crippen molar-refractivity contribution < 1.29 is 0 Å². The summed E-state index contributed by atoms with van der Waals surface area (Å²) in [4.78, 5) is 11.4. The molecule has 0 N–H and O–H groups in total. The van der Waals surface area contributed by atoms with Gasteiger partial charge in [0.2, 0.25) is 0 Å². The normalized spacial score (nSPS) is 17.4. The van der Waals surface area contributed by atoms with Crippen LogP contribution >= 0.6 is 11.6 Å². The molecule has 4 nitrogen and oxygen atoms in total. The summed E-state index contributed by atoms with van der Waals surface area (Å²) in [5, 5.41) is 0.572. The number of pyridine rings is 1. The molecule has 0 unspecified atom stereocenters. The number of anilines is 1. The van der Waals surface area contributed by atoms with E-state index in [1.165, 1.54) is 0 Å². The lowest BCUT2D eigenvalue weighted by atomic mass is 10.3. The van der Waals surface area contributed by atoms with Crippen LogP contribution in [0.5, 0.6) is 0 Å². The van der Waals surface area contributed by atoms with Crippen molar-refractivity contribution in [2.75, 3.05) is 58.3 Å². The second-order valence-electron chi connectivity index (χ2n) is 4.95. The van der Waals surface area contributed by atoms with Crippen LogP contribution in [0.25, 0.3) is 0 Å². The van der Waals surface area contributed by atoms with Gasteiger partial charge >= 0.3 is 0 Å². The number of rotatable bonds is 4. The molecule has 0 radical (unpaired) electrons. The summed E-state index contributed by atoms with van der Waals surface area (Å²) in [5.74, 6) is 0.995. The number of hydrogen-bond acceptors (Lipinski definition) is 4. The van der Waals surface area contributed by atoms with Gasteiger partial charge in [-0.05, 0) is 26.2 Å². The maximum atomic E-state index is 5.92. The predicted octanol–water partition coefficient (Wildman–Crippen LogP) is 1.42. The van der Waals surface area contributed by atoms with Gasteiger partial charge in [0.15, 0.2) is 0 Å². The van der Waals surface area contributed by atoms with Gasteiger partial charge in [-0.3, -0.25) is 4.90 Å². The monoisotopic (exact) mass is 268 g/mol. The van der Waals surface area contributed by atoms with Crippen molar-refractivity contribution in [2.45, 2.75) is 0 Å². The second-order valence-corrected chi connectivity index (χ2v) is 5.34. The summed E-state index contributed by atoms with van der Waals surface area (Å²) in [5.41, 5.74) is 0. The highest BCUT2D eigenvalue weighted by Crippen LogP contribution is 2.16. The maximum absolute atomic E-state index is 5.92. The zero-order valence-corrected chi connectivity index (χ0v) is 11.9. The Labute approximate surface area is 114 Å². The zero-order valence-electron chi connectivity index (χ0n) is 11.1. The minimum absolute atomic E-state index is 0.572. The second kappa shape index (κ2) is 6.36. The molecule has 1 aromatic rings. The summed E-state index contributed by atoms with van der Waals surface area (Å²) in [7, 11) is 4.23. The maximum Gasteiger partial charge on any atom is 0.131 e. The Bertz CT molecular complexity index is 375. The fourth-order valence-electron chi connectivity index (χ4n) is 2.12. The standard InChI is InChI=1S/C13H21ClN4/c1-16(2)6-7-17-8-10-18(11-9-17)13-5-3-4-12(14)15-13/h3-5H,6-11H2,1-2H3. The molecule has 1 aliphatic heterocycles. The quantitative estimate of drug-likeness (QED) is 0.771. The van der Waals surface area contributed by atoms with Crippen LogP contribution in [-0.2, 0) is 0 Å². The van der Waals surface area contributed by atoms with Crippen molar-refractivity contribution in [3.8, 4) is 0 Å². The number of hydrogen-bond donors (Lipinski definition) is 0. The third kappa shape index (κ3) is 3.83. The molecule has 1 aromatic heterocycles. The lowest BCUT2D eigenvalue weighted by Gasteiger charge is -2.35. The third-order valence-electron chi connectivity index (χ3n) is 3.26. The van der Waals surface area contributed by atoms with Gasteiger partial charge in [-0.15, -0.1) is 0 Å². The molecule has 0 atom stereocenters. The minimum atomic E-state index is 0.572. The summed E-state index contributed by atoms with van der Waals surface area (Å²) in [6.07, 6.45) is 0. The Balaban J connectivity index is 1.83. The van der Waals surface area contributed by atoms with Crippen LogP contribution in [0.4, 0.5) is 5.82 Å². The molecule has 5 heteroatoms. The van der Waals surface area contributed by atoms with Crippen molar-refractivity contribution in [3.05, 3.63) is 23.4 Å². The molecule has 1 fully saturated rings. The Morgan fingerprint density at radius 1 is 1.22 bits per heavy atom. The molecule has 0 aliphatic carbocycles. The average Bonchev–Trinajstić information content (AvgIpc) is 2.37. The molecule has 18 heavy (non-hydrogen) atoms. The Morgan fingerprint density at radius 3 is 2.56 bits per heavy atom. The minimum Gasteiger partial charge on any atom is -0.354 e. The van der Waals surface area contributed by atoms with E-state index in [2.05, 4.69) is 33.8 Å². The Hall–Kier alpha value is -0.840. The molecule has 0 saturated carbocycles. The van der Waals surface area contributed by atoms with Crippen LogP contribution in [0.15, 0.2) is 18.2 Å². The highest BCUT2D eigenvalue weighted by Gasteiger charge is 2.17. The Morgan fingerprint density at radius 2 is 1.94 bits per heavy atom. The summed E-state index contributed by atoms with van der Waals surface area (Å²) >= 11 is 5.92. The molecular formula is C13H21ClN4. The van der Waals surface area contributed by atoms with E-state index in [1.807, 2.05) is 18.2 Å². The molecule has 1 saturated heterocycles. The van der Waals surface area contributed by atoms with Gasteiger partial charge in [-0.2, -0.15) is 0 Å². The van der Waals surface area contributed by atoms with Crippen molar-refractivity contribution in [3.63, 3.8) is 0 Å². The van der Waals surface area contributed by atoms with Crippen LogP contribution in [0.2, 0.25) is 5.15 Å². The lowest BCUT2D eigenvalue weighted by Crippen LogP contribution is -2.48. The van der Waals surface area contributed by atoms with Crippen molar-refractivity contribution in [2.24, 2.45) is 0 Å². The van der Waals surface area contributed by atoms with E-state index in [0.717, 1.165) is 45.1 Å². The molecule has 0 amide bonds. The number of aromatic nitrogens is 1. The smallest absolute Gasteiger partial charge is 0.131 e. The van der Waals surface area contributed by atoms with Gasteiger partial charge in [0.25, 0.3) is 0 Å². The van der Waals surface area contributed by atoms with Crippen LogP contribution in [-0.4, -0.2) is 68.1 Å². The molecule has 2 heterocycles. The fraction of sp³-hybridized carbons (Fsp3) is 0.615. The lowest BCUT2D eigenvalue weighted by molar-refractivity contribution is 0.229. The molecule has 0 spiro atoms. The number of piperazine rings is 1. The van der Waals surface area contributed by atoms with E-state index in [0.29, 0.717) is 5.15 Å². The average molecular weight is 269 g/mol.